The average molecular weight is 349 g/mol. The Morgan fingerprint density at radius 2 is 2.00 bits per heavy atom. The van der Waals surface area contributed by atoms with Crippen molar-refractivity contribution in [3.05, 3.63) is 58.1 Å². The van der Waals surface area contributed by atoms with E-state index in [4.69, 9.17) is 10.5 Å². The number of nitrogens with two attached hydrogens (primary N) is 1. The molecule has 0 bridgehead atoms. The maximum absolute atomic E-state index is 12.1. The molecule has 4 nitrogen and oxygen atoms in total. The van der Waals surface area contributed by atoms with E-state index >= 15 is 0 Å². The van der Waals surface area contributed by atoms with Crippen LogP contribution in [0.25, 0.3) is 0 Å². The molecule has 0 heterocycles. The van der Waals surface area contributed by atoms with Crippen LogP contribution in [0, 0.1) is 6.92 Å². The van der Waals surface area contributed by atoms with E-state index in [-0.39, 0.29) is 5.91 Å². The molecule has 0 aromatic heterocycles. The first-order valence-corrected chi connectivity index (χ1v) is 7.39. The predicted molar refractivity (Wildman–Crippen MR) is 87.6 cm³/mol. The number of para-hydroxylation sites is 2. The van der Waals surface area contributed by atoms with Gasteiger partial charge in [-0.05, 0) is 36.8 Å². The summed E-state index contributed by atoms with van der Waals surface area (Å²) in [6, 6.07) is 12.8. The highest BCUT2D eigenvalue weighted by molar-refractivity contribution is 9.10. The third kappa shape index (κ3) is 3.98. The van der Waals surface area contributed by atoms with Gasteiger partial charge in [-0.2, -0.15) is 0 Å². The molecule has 0 spiro atoms. The summed E-state index contributed by atoms with van der Waals surface area (Å²) in [5.74, 6) is 0.517. The number of hydrogen-bond acceptors (Lipinski definition) is 3. The van der Waals surface area contributed by atoms with Gasteiger partial charge in [-0.25, -0.2) is 0 Å². The van der Waals surface area contributed by atoms with Crippen molar-refractivity contribution in [3.8, 4) is 5.75 Å². The Morgan fingerprint density at radius 1 is 1.24 bits per heavy atom. The molecule has 0 fully saturated rings. The predicted octanol–water partition coefficient (Wildman–Crippen LogP) is 3.15. The quantitative estimate of drug-likeness (QED) is 0.644. The Hall–Kier alpha value is -2.01. The molecule has 0 atom stereocenters. The van der Waals surface area contributed by atoms with Crippen molar-refractivity contribution in [1.82, 2.24) is 5.32 Å². The van der Waals surface area contributed by atoms with E-state index in [1.54, 1.807) is 18.2 Å². The molecule has 2 aromatic carbocycles. The molecule has 0 saturated carbocycles. The minimum atomic E-state index is -0.113. The summed E-state index contributed by atoms with van der Waals surface area (Å²) in [7, 11) is 0. The molecule has 2 aromatic rings. The first-order valence-electron chi connectivity index (χ1n) is 6.60. The maximum Gasteiger partial charge on any atom is 0.251 e. The fourth-order valence-electron chi connectivity index (χ4n) is 1.89. The fraction of sp³-hybridized carbons (Fsp3) is 0.188. The Balaban J connectivity index is 1.85. The zero-order chi connectivity index (χ0) is 15.2. The smallest absolute Gasteiger partial charge is 0.251 e. The molecule has 0 unspecified atom stereocenters. The molecule has 110 valence electrons. The van der Waals surface area contributed by atoms with Crippen LogP contribution in [0.4, 0.5) is 5.69 Å². The van der Waals surface area contributed by atoms with Crippen LogP contribution >= 0.6 is 15.9 Å². The van der Waals surface area contributed by atoms with Crippen molar-refractivity contribution < 1.29 is 9.53 Å². The number of carbonyl (C=O) groups is 1. The lowest BCUT2D eigenvalue weighted by Gasteiger charge is -2.11. The molecular formula is C16H17BrN2O2. The molecule has 0 aliphatic carbocycles. The number of rotatable bonds is 5. The maximum atomic E-state index is 12.1. The Labute approximate surface area is 132 Å². The van der Waals surface area contributed by atoms with Crippen LogP contribution in [-0.2, 0) is 0 Å². The minimum Gasteiger partial charge on any atom is -0.490 e. The second kappa shape index (κ2) is 7.13. The molecule has 3 N–H and O–H groups in total. The summed E-state index contributed by atoms with van der Waals surface area (Å²) in [6.45, 7) is 2.69. The number of carbonyl (C=O) groups excluding carboxylic acids is 1. The second-order valence-corrected chi connectivity index (χ2v) is 5.41. The third-order valence-corrected chi connectivity index (χ3v) is 3.94. The lowest BCUT2D eigenvalue weighted by atomic mass is 10.1. The molecule has 0 radical (unpaired) electrons. The van der Waals surface area contributed by atoms with Gasteiger partial charge in [0.2, 0.25) is 0 Å². The molecule has 0 saturated heterocycles. The van der Waals surface area contributed by atoms with Gasteiger partial charge in [0.05, 0.1) is 12.2 Å². The van der Waals surface area contributed by atoms with E-state index in [1.807, 2.05) is 31.2 Å². The van der Waals surface area contributed by atoms with Crippen LogP contribution in [-0.4, -0.2) is 19.1 Å². The van der Waals surface area contributed by atoms with Crippen molar-refractivity contribution in [1.29, 1.82) is 0 Å². The molecular weight excluding hydrogens is 332 g/mol. The van der Waals surface area contributed by atoms with Crippen LogP contribution in [0.15, 0.2) is 46.9 Å². The molecule has 0 aliphatic rings. The molecule has 21 heavy (non-hydrogen) atoms. The van der Waals surface area contributed by atoms with E-state index in [9.17, 15) is 4.79 Å². The zero-order valence-corrected chi connectivity index (χ0v) is 13.3. The largest absolute Gasteiger partial charge is 0.490 e. The Bertz CT molecular complexity index is 644. The monoisotopic (exact) mass is 348 g/mol. The van der Waals surface area contributed by atoms with Crippen LogP contribution in [0.1, 0.15) is 15.9 Å². The average Bonchev–Trinajstić information content (AvgIpc) is 2.48. The van der Waals surface area contributed by atoms with E-state index in [1.165, 1.54) is 0 Å². The highest BCUT2D eigenvalue weighted by Gasteiger charge is 2.10. The van der Waals surface area contributed by atoms with Gasteiger partial charge in [0.25, 0.3) is 5.91 Å². The van der Waals surface area contributed by atoms with Gasteiger partial charge >= 0.3 is 0 Å². The second-order valence-electron chi connectivity index (χ2n) is 4.55. The number of amides is 1. The lowest BCUT2D eigenvalue weighted by molar-refractivity contribution is 0.0946. The summed E-state index contributed by atoms with van der Waals surface area (Å²) in [5, 5.41) is 2.83. The number of ether oxygens (including phenoxy) is 1. The van der Waals surface area contributed by atoms with Gasteiger partial charge < -0.3 is 15.8 Å². The third-order valence-electron chi connectivity index (χ3n) is 3.08. The highest BCUT2D eigenvalue weighted by atomic mass is 79.9. The highest BCUT2D eigenvalue weighted by Crippen LogP contribution is 2.20. The van der Waals surface area contributed by atoms with E-state index in [0.29, 0.717) is 30.2 Å². The molecule has 0 aliphatic heterocycles. The van der Waals surface area contributed by atoms with Crippen LogP contribution in [0.5, 0.6) is 5.75 Å². The Kier molecular flexibility index (Phi) is 5.22. The summed E-state index contributed by atoms with van der Waals surface area (Å²) >= 11 is 3.42. The zero-order valence-electron chi connectivity index (χ0n) is 11.7. The van der Waals surface area contributed by atoms with Crippen molar-refractivity contribution >= 4 is 27.5 Å². The van der Waals surface area contributed by atoms with Gasteiger partial charge in [0, 0.05) is 10.0 Å². The first-order chi connectivity index (χ1) is 10.1. The molecule has 2 rings (SSSR count). The fourth-order valence-corrected chi connectivity index (χ4v) is 2.25. The van der Waals surface area contributed by atoms with Gasteiger partial charge in [-0.1, -0.05) is 34.1 Å². The summed E-state index contributed by atoms with van der Waals surface area (Å²) < 4.78 is 6.45. The van der Waals surface area contributed by atoms with Gasteiger partial charge in [0.15, 0.2) is 0 Å². The minimum absolute atomic E-state index is 0.113. The van der Waals surface area contributed by atoms with Crippen LogP contribution in [0.2, 0.25) is 0 Å². The van der Waals surface area contributed by atoms with E-state index in [2.05, 4.69) is 21.2 Å². The summed E-state index contributed by atoms with van der Waals surface area (Å²) in [4.78, 5) is 12.1. The molecule has 5 heteroatoms. The lowest BCUT2D eigenvalue weighted by Crippen LogP contribution is -2.28. The number of halogens is 1. The van der Waals surface area contributed by atoms with Crippen molar-refractivity contribution in [2.75, 3.05) is 18.9 Å². The number of anilines is 1. The first kappa shape index (κ1) is 15.4. The Morgan fingerprint density at radius 3 is 2.76 bits per heavy atom. The van der Waals surface area contributed by atoms with Crippen LogP contribution < -0.4 is 15.8 Å². The van der Waals surface area contributed by atoms with Gasteiger partial charge in [-0.15, -0.1) is 0 Å². The summed E-state index contributed by atoms with van der Waals surface area (Å²) in [6.07, 6.45) is 0. The van der Waals surface area contributed by atoms with E-state index in [0.717, 1.165) is 10.0 Å². The van der Waals surface area contributed by atoms with Crippen molar-refractivity contribution in [2.45, 2.75) is 6.92 Å². The van der Waals surface area contributed by atoms with Crippen LogP contribution in [0.3, 0.4) is 0 Å². The number of hydrogen-bond donors (Lipinski definition) is 2. The number of nitrogen functional groups attached to an aromatic ring is 1. The van der Waals surface area contributed by atoms with Gasteiger partial charge in [0.1, 0.15) is 12.4 Å². The van der Waals surface area contributed by atoms with E-state index < -0.39 is 0 Å². The SMILES string of the molecule is Cc1c(Br)cccc1C(=O)NCCOc1ccccc1N. The normalized spacial score (nSPS) is 10.2. The standard InChI is InChI=1S/C16H17BrN2O2/c1-11-12(5-4-6-13(11)17)16(20)19-9-10-21-15-8-3-2-7-14(15)18/h2-8H,9-10,18H2,1H3,(H,19,20). The number of nitrogens with one attached hydrogen (secondary N) is 1. The van der Waals surface area contributed by atoms with Gasteiger partial charge in [-0.3, -0.25) is 4.79 Å². The van der Waals surface area contributed by atoms with Crippen molar-refractivity contribution in [2.24, 2.45) is 0 Å². The number of benzene rings is 2. The van der Waals surface area contributed by atoms with Crippen molar-refractivity contribution in [3.63, 3.8) is 0 Å². The molecule has 1 amide bonds. The summed E-state index contributed by atoms with van der Waals surface area (Å²) in [5.41, 5.74) is 7.94. The topological polar surface area (TPSA) is 64.3 Å².